The molecule has 1 aromatic heterocycles. The molecule has 0 spiro atoms. The fourth-order valence-electron chi connectivity index (χ4n) is 3.04. The number of benzene rings is 1. The van der Waals surface area contributed by atoms with Crippen molar-refractivity contribution < 1.29 is 9.90 Å². The average molecular weight is 331 g/mol. The summed E-state index contributed by atoms with van der Waals surface area (Å²) < 4.78 is 0. The van der Waals surface area contributed by atoms with Crippen molar-refractivity contribution in [2.24, 2.45) is 0 Å². The molecular weight excluding hydrogens is 310 g/mol. The molecule has 0 fully saturated rings. The molecule has 0 saturated heterocycles. The lowest BCUT2D eigenvalue weighted by Crippen LogP contribution is -2.37. The van der Waals surface area contributed by atoms with Gasteiger partial charge in [-0.15, -0.1) is 11.3 Å². The van der Waals surface area contributed by atoms with Gasteiger partial charge in [0.2, 0.25) is 5.91 Å². The molecule has 0 bridgehead atoms. The number of nitrogens with one attached hydrogen (secondary N) is 1. The fraction of sp³-hybridized carbons (Fsp3) is 0.412. The first-order valence-corrected chi connectivity index (χ1v) is 8.65. The SMILES string of the molecule is CNC(=O)Cc1nc(CN2CCc3ccccc3C2CO)cs1. The van der Waals surface area contributed by atoms with Crippen molar-refractivity contribution >= 4 is 17.2 Å². The van der Waals surface area contributed by atoms with Gasteiger partial charge in [-0.1, -0.05) is 24.3 Å². The van der Waals surface area contributed by atoms with Gasteiger partial charge in [0.05, 0.1) is 24.8 Å². The van der Waals surface area contributed by atoms with Gasteiger partial charge in [0.15, 0.2) is 0 Å². The van der Waals surface area contributed by atoms with Gasteiger partial charge >= 0.3 is 0 Å². The Hall–Kier alpha value is -1.76. The Morgan fingerprint density at radius 3 is 3.09 bits per heavy atom. The van der Waals surface area contributed by atoms with Crippen LogP contribution in [0, 0.1) is 0 Å². The predicted molar refractivity (Wildman–Crippen MR) is 90.3 cm³/mol. The molecule has 2 heterocycles. The van der Waals surface area contributed by atoms with Gasteiger partial charge in [-0.3, -0.25) is 9.69 Å². The van der Waals surface area contributed by atoms with Crippen LogP contribution < -0.4 is 5.32 Å². The van der Waals surface area contributed by atoms with Crippen LogP contribution in [0.25, 0.3) is 0 Å². The standard InChI is InChI=1S/C17H21N3O2S/c1-18-16(22)8-17-19-13(11-23-17)9-20-7-6-12-4-2-3-5-14(12)15(20)10-21/h2-5,11,15,21H,6-10H2,1H3,(H,18,22). The van der Waals surface area contributed by atoms with Crippen molar-refractivity contribution in [2.75, 3.05) is 20.2 Å². The summed E-state index contributed by atoms with van der Waals surface area (Å²) in [5, 5.41) is 15.3. The molecule has 1 aliphatic heterocycles. The lowest BCUT2D eigenvalue weighted by molar-refractivity contribution is -0.119. The maximum absolute atomic E-state index is 11.4. The number of thiazole rings is 1. The summed E-state index contributed by atoms with van der Waals surface area (Å²) in [6, 6.07) is 8.33. The van der Waals surface area contributed by atoms with E-state index in [2.05, 4.69) is 33.4 Å². The van der Waals surface area contributed by atoms with Crippen molar-refractivity contribution in [3.8, 4) is 0 Å². The zero-order valence-corrected chi connectivity index (χ0v) is 14.0. The van der Waals surface area contributed by atoms with E-state index in [9.17, 15) is 9.90 Å². The quantitative estimate of drug-likeness (QED) is 0.872. The van der Waals surface area contributed by atoms with E-state index >= 15 is 0 Å². The number of likely N-dealkylation sites (N-methyl/N-ethyl adjacent to an activating group) is 1. The van der Waals surface area contributed by atoms with E-state index in [1.54, 1.807) is 7.05 Å². The molecule has 122 valence electrons. The van der Waals surface area contributed by atoms with E-state index in [0.29, 0.717) is 13.0 Å². The predicted octanol–water partition coefficient (Wildman–Crippen LogP) is 1.52. The van der Waals surface area contributed by atoms with Crippen LogP contribution in [0.4, 0.5) is 0 Å². The molecule has 2 N–H and O–H groups in total. The van der Waals surface area contributed by atoms with Crippen LogP contribution in [0.3, 0.4) is 0 Å². The first-order valence-electron chi connectivity index (χ1n) is 7.78. The summed E-state index contributed by atoms with van der Waals surface area (Å²) in [4.78, 5) is 18.2. The van der Waals surface area contributed by atoms with Crippen LogP contribution >= 0.6 is 11.3 Å². The van der Waals surface area contributed by atoms with Gasteiger partial charge < -0.3 is 10.4 Å². The van der Waals surface area contributed by atoms with Gasteiger partial charge in [0.25, 0.3) is 0 Å². The number of carbonyl (C=O) groups excluding carboxylic acids is 1. The fourth-order valence-corrected chi connectivity index (χ4v) is 3.83. The van der Waals surface area contributed by atoms with Crippen LogP contribution in [-0.2, 0) is 24.2 Å². The van der Waals surface area contributed by atoms with E-state index < -0.39 is 0 Å². The molecule has 6 heteroatoms. The molecule has 0 saturated carbocycles. The Kier molecular flexibility index (Phi) is 5.05. The molecule has 0 aliphatic carbocycles. The van der Waals surface area contributed by atoms with E-state index in [-0.39, 0.29) is 18.6 Å². The van der Waals surface area contributed by atoms with E-state index in [1.807, 2.05) is 11.4 Å². The third kappa shape index (κ3) is 3.60. The maximum Gasteiger partial charge on any atom is 0.226 e. The van der Waals surface area contributed by atoms with Crippen LogP contribution in [-0.4, -0.2) is 41.1 Å². The molecule has 3 rings (SSSR count). The lowest BCUT2D eigenvalue weighted by Gasteiger charge is -2.35. The highest BCUT2D eigenvalue weighted by molar-refractivity contribution is 7.09. The summed E-state index contributed by atoms with van der Waals surface area (Å²) in [7, 11) is 1.63. The number of aliphatic hydroxyl groups excluding tert-OH is 1. The molecule has 1 aliphatic rings. The molecule has 5 nitrogen and oxygen atoms in total. The van der Waals surface area contributed by atoms with Crippen molar-refractivity contribution in [1.29, 1.82) is 0 Å². The molecule has 1 atom stereocenters. The monoisotopic (exact) mass is 331 g/mol. The Morgan fingerprint density at radius 1 is 1.48 bits per heavy atom. The van der Waals surface area contributed by atoms with Gasteiger partial charge in [-0.2, -0.15) is 0 Å². The number of amides is 1. The van der Waals surface area contributed by atoms with E-state index in [1.165, 1.54) is 22.5 Å². The topological polar surface area (TPSA) is 65.5 Å². The minimum Gasteiger partial charge on any atom is -0.394 e. The summed E-state index contributed by atoms with van der Waals surface area (Å²) in [5.41, 5.74) is 3.50. The molecule has 1 amide bonds. The van der Waals surface area contributed by atoms with Crippen LogP contribution in [0.5, 0.6) is 0 Å². The Labute approximate surface area is 140 Å². The number of hydrogen-bond donors (Lipinski definition) is 2. The Bertz CT molecular complexity index is 686. The smallest absolute Gasteiger partial charge is 0.226 e. The van der Waals surface area contributed by atoms with Crippen LogP contribution in [0.15, 0.2) is 29.6 Å². The van der Waals surface area contributed by atoms with Gasteiger partial charge in [-0.25, -0.2) is 4.98 Å². The lowest BCUT2D eigenvalue weighted by atomic mass is 9.93. The summed E-state index contributed by atoms with van der Waals surface area (Å²) >= 11 is 1.52. The normalized spacial score (nSPS) is 17.7. The number of aromatic nitrogens is 1. The molecule has 1 aromatic carbocycles. The molecular formula is C17H21N3O2S. The first kappa shape index (κ1) is 16.1. The van der Waals surface area contributed by atoms with E-state index in [4.69, 9.17) is 0 Å². The number of nitrogens with zero attached hydrogens (tertiary/aromatic N) is 2. The average Bonchev–Trinajstić information content (AvgIpc) is 3.01. The second kappa shape index (κ2) is 7.21. The largest absolute Gasteiger partial charge is 0.394 e. The van der Waals surface area contributed by atoms with Crippen LogP contribution in [0.2, 0.25) is 0 Å². The van der Waals surface area contributed by atoms with E-state index in [0.717, 1.165) is 23.7 Å². The molecule has 0 radical (unpaired) electrons. The van der Waals surface area contributed by atoms with Crippen molar-refractivity contribution in [3.63, 3.8) is 0 Å². The minimum atomic E-state index is -0.0222. The summed E-state index contributed by atoms with van der Waals surface area (Å²) in [6.07, 6.45) is 1.31. The van der Waals surface area contributed by atoms with Crippen molar-refractivity contribution in [1.82, 2.24) is 15.2 Å². The number of aliphatic hydroxyl groups is 1. The zero-order valence-electron chi connectivity index (χ0n) is 13.2. The number of rotatable bonds is 5. The number of fused-ring (bicyclic) bond motifs is 1. The number of carbonyl (C=O) groups is 1. The first-order chi connectivity index (χ1) is 11.2. The van der Waals surface area contributed by atoms with Crippen LogP contribution in [0.1, 0.15) is 27.9 Å². The minimum absolute atomic E-state index is 0.0176. The van der Waals surface area contributed by atoms with Crippen molar-refractivity contribution in [3.05, 3.63) is 51.5 Å². The summed E-state index contributed by atoms with van der Waals surface area (Å²) in [5.74, 6) is -0.0222. The van der Waals surface area contributed by atoms with Crippen molar-refractivity contribution in [2.45, 2.75) is 25.4 Å². The van der Waals surface area contributed by atoms with Gasteiger partial charge in [0, 0.05) is 25.5 Å². The van der Waals surface area contributed by atoms with Gasteiger partial charge in [-0.05, 0) is 17.5 Å². The Balaban J connectivity index is 1.72. The zero-order chi connectivity index (χ0) is 16.2. The molecule has 23 heavy (non-hydrogen) atoms. The highest BCUT2D eigenvalue weighted by Gasteiger charge is 2.27. The highest BCUT2D eigenvalue weighted by Crippen LogP contribution is 2.30. The molecule has 2 aromatic rings. The third-order valence-corrected chi connectivity index (χ3v) is 5.15. The highest BCUT2D eigenvalue weighted by atomic mass is 32.1. The summed E-state index contributed by atoms with van der Waals surface area (Å²) in [6.45, 7) is 1.71. The molecule has 1 unspecified atom stereocenters. The number of hydrogen-bond acceptors (Lipinski definition) is 5. The van der Waals surface area contributed by atoms with Gasteiger partial charge in [0.1, 0.15) is 5.01 Å². The maximum atomic E-state index is 11.4. The second-order valence-corrected chi connectivity index (χ2v) is 6.64. The second-order valence-electron chi connectivity index (χ2n) is 5.70. The Morgan fingerprint density at radius 2 is 2.30 bits per heavy atom. The third-order valence-electron chi connectivity index (χ3n) is 4.25.